The Kier molecular flexibility index (Phi) is 6.19. The van der Waals surface area contributed by atoms with Crippen LogP contribution in [0.25, 0.3) is 0 Å². The molecule has 0 spiro atoms. The zero-order valence-corrected chi connectivity index (χ0v) is 14.4. The first kappa shape index (κ1) is 18.4. The van der Waals surface area contributed by atoms with Gasteiger partial charge in [-0.1, -0.05) is 6.92 Å². The van der Waals surface area contributed by atoms with Crippen molar-refractivity contribution in [2.24, 2.45) is 5.41 Å². The Morgan fingerprint density at radius 2 is 1.62 bits per heavy atom. The molecule has 0 heterocycles. The van der Waals surface area contributed by atoms with Crippen molar-refractivity contribution in [1.29, 1.82) is 0 Å². The SMILES string of the molecule is CCC(C)(C)C(=O)OC1CCC(OS(=O)(=O)N(C)C)CC1. The second-order valence-electron chi connectivity index (χ2n) is 6.38. The highest BCUT2D eigenvalue weighted by Crippen LogP contribution is 2.28. The average Bonchev–Trinajstić information content (AvgIpc) is 2.40. The van der Waals surface area contributed by atoms with Crippen LogP contribution >= 0.6 is 0 Å². The van der Waals surface area contributed by atoms with Gasteiger partial charge in [0.1, 0.15) is 6.10 Å². The van der Waals surface area contributed by atoms with Gasteiger partial charge in [-0.3, -0.25) is 8.98 Å². The third kappa shape index (κ3) is 5.23. The number of carbonyl (C=O) groups excluding carboxylic acids is 1. The van der Waals surface area contributed by atoms with Crippen LogP contribution in [0, 0.1) is 5.41 Å². The minimum Gasteiger partial charge on any atom is -0.462 e. The molecule has 1 aliphatic rings. The summed E-state index contributed by atoms with van der Waals surface area (Å²) in [4.78, 5) is 12.0. The Labute approximate surface area is 128 Å². The quantitative estimate of drug-likeness (QED) is 0.701. The second kappa shape index (κ2) is 7.07. The number of hydrogen-bond donors (Lipinski definition) is 0. The summed E-state index contributed by atoms with van der Waals surface area (Å²) in [6.45, 7) is 5.69. The lowest BCUT2D eigenvalue weighted by molar-refractivity contribution is -0.162. The normalized spacial score (nSPS) is 24.1. The standard InChI is InChI=1S/C14H27NO5S/c1-6-14(2,3)13(16)19-11-7-9-12(10-8-11)20-21(17,18)15(4)5/h11-12H,6-10H2,1-5H3. The molecule has 0 aromatic rings. The number of carbonyl (C=O) groups is 1. The van der Waals surface area contributed by atoms with Crippen molar-refractivity contribution >= 4 is 16.3 Å². The largest absolute Gasteiger partial charge is 0.462 e. The fourth-order valence-electron chi connectivity index (χ4n) is 1.96. The summed E-state index contributed by atoms with van der Waals surface area (Å²) in [5.41, 5.74) is -0.471. The van der Waals surface area contributed by atoms with Crippen molar-refractivity contribution in [2.75, 3.05) is 14.1 Å². The van der Waals surface area contributed by atoms with Crippen LogP contribution in [0.3, 0.4) is 0 Å². The zero-order valence-electron chi connectivity index (χ0n) is 13.6. The van der Waals surface area contributed by atoms with Crippen molar-refractivity contribution in [3.05, 3.63) is 0 Å². The van der Waals surface area contributed by atoms with Gasteiger partial charge in [0.25, 0.3) is 0 Å². The summed E-state index contributed by atoms with van der Waals surface area (Å²) in [5.74, 6) is -0.185. The van der Waals surface area contributed by atoms with Gasteiger partial charge in [-0.2, -0.15) is 12.7 Å². The van der Waals surface area contributed by atoms with Crippen molar-refractivity contribution in [3.63, 3.8) is 0 Å². The van der Waals surface area contributed by atoms with Crippen LogP contribution in [0.5, 0.6) is 0 Å². The fraction of sp³-hybridized carbons (Fsp3) is 0.929. The zero-order chi connectivity index (χ0) is 16.3. The molecule has 7 heteroatoms. The van der Waals surface area contributed by atoms with Gasteiger partial charge in [-0.15, -0.1) is 0 Å². The van der Waals surface area contributed by atoms with Crippen LogP contribution in [0.4, 0.5) is 0 Å². The molecule has 1 fully saturated rings. The molecule has 0 aromatic carbocycles. The van der Waals surface area contributed by atoms with Gasteiger partial charge in [0.05, 0.1) is 11.5 Å². The van der Waals surface area contributed by atoms with Gasteiger partial charge in [-0.25, -0.2) is 0 Å². The first-order chi connectivity index (χ1) is 9.58. The van der Waals surface area contributed by atoms with E-state index in [4.69, 9.17) is 8.92 Å². The molecule has 0 aromatic heterocycles. The molecule has 1 saturated carbocycles. The van der Waals surface area contributed by atoms with Gasteiger partial charge in [0, 0.05) is 14.1 Å². The summed E-state index contributed by atoms with van der Waals surface area (Å²) in [7, 11) is -0.760. The average molecular weight is 321 g/mol. The minimum atomic E-state index is -3.64. The molecule has 0 amide bonds. The summed E-state index contributed by atoms with van der Waals surface area (Å²) in [6.07, 6.45) is 2.70. The molecular formula is C14H27NO5S. The molecular weight excluding hydrogens is 294 g/mol. The van der Waals surface area contributed by atoms with Gasteiger partial charge in [-0.05, 0) is 46.0 Å². The summed E-state index contributed by atoms with van der Waals surface area (Å²) >= 11 is 0. The molecule has 1 rings (SSSR count). The highest BCUT2D eigenvalue weighted by atomic mass is 32.2. The van der Waals surface area contributed by atoms with Crippen LogP contribution in [-0.4, -0.2) is 45.0 Å². The first-order valence-corrected chi connectivity index (χ1v) is 8.77. The second-order valence-corrected chi connectivity index (χ2v) is 8.16. The Balaban J connectivity index is 2.45. The number of esters is 1. The molecule has 0 atom stereocenters. The Hall–Kier alpha value is -0.660. The maximum Gasteiger partial charge on any atom is 0.338 e. The summed E-state index contributed by atoms with van der Waals surface area (Å²) < 4.78 is 35.0. The van der Waals surface area contributed by atoms with E-state index in [-0.39, 0.29) is 18.2 Å². The lowest BCUT2D eigenvalue weighted by Gasteiger charge is -2.31. The Bertz CT molecular complexity index is 450. The maximum atomic E-state index is 12.0. The van der Waals surface area contributed by atoms with Crippen LogP contribution in [0.2, 0.25) is 0 Å². The molecule has 0 saturated heterocycles. The highest BCUT2D eigenvalue weighted by molar-refractivity contribution is 7.84. The highest BCUT2D eigenvalue weighted by Gasteiger charge is 2.33. The van der Waals surface area contributed by atoms with Gasteiger partial charge in [0.2, 0.25) is 0 Å². The third-order valence-electron chi connectivity index (χ3n) is 4.04. The third-order valence-corrected chi connectivity index (χ3v) is 5.45. The molecule has 0 unspecified atom stereocenters. The van der Waals surface area contributed by atoms with Gasteiger partial charge in [0.15, 0.2) is 0 Å². The molecule has 0 N–H and O–H groups in total. The Morgan fingerprint density at radius 3 is 2.05 bits per heavy atom. The Morgan fingerprint density at radius 1 is 1.14 bits per heavy atom. The van der Waals surface area contributed by atoms with Crippen molar-refractivity contribution in [3.8, 4) is 0 Å². The van der Waals surface area contributed by atoms with E-state index < -0.39 is 15.7 Å². The predicted octanol–water partition coefficient (Wildman–Crippen LogP) is 2.10. The molecule has 0 bridgehead atoms. The van der Waals surface area contributed by atoms with Crippen molar-refractivity contribution in [1.82, 2.24) is 4.31 Å². The number of hydrogen-bond acceptors (Lipinski definition) is 5. The van der Waals surface area contributed by atoms with E-state index in [1.807, 2.05) is 20.8 Å². The fourth-order valence-corrected chi connectivity index (χ4v) is 2.67. The maximum absolute atomic E-state index is 12.0. The van der Waals surface area contributed by atoms with E-state index >= 15 is 0 Å². The molecule has 1 aliphatic carbocycles. The van der Waals surface area contributed by atoms with Crippen molar-refractivity contribution < 1.29 is 22.1 Å². The van der Waals surface area contributed by atoms with Crippen molar-refractivity contribution in [2.45, 2.75) is 65.1 Å². The van der Waals surface area contributed by atoms with E-state index in [0.29, 0.717) is 25.7 Å². The molecule has 21 heavy (non-hydrogen) atoms. The minimum absolute atomic E-state index is 0.134. The monoisotopic (exact) mass is 321 g/mol. The van der Waals surface area contributed by atoms with Crippen LogP contribution in [0.1, 0.15) is 52.9 Å². The lowest BCUT2D eigenvalue weighted by atomic mass is 9.90. The molecule has 0 radical (unpaired) electrons. The van der Waals surface area contributed by atoms with E-state index in [1.54, 1.807) is 0 Å². The van der Waals surface area contributed by atoms with E-state index in [9.17, 15) is 13.2 Å². The van der Waals surface area contributed by atoms with E-state index in [2.05, 4.69) is 0 Å². The van der Waals surface area contributed by atoms with E-state index in [1.165, 1.54) is 14.1 Å². The number of ether oxygens (including phenoxy) is 1. The smallest absolute Gasteiger partial charge is 0.338 e. The van der Waals surface area contributed by atoms with Gasteiger partial charge < -0.3 is 4.74 Å². The molecule has 124 valence electrons. The molecule has 0 aliphatic heterocycles. The predicted molar refractivity (Wildman–Crippen MR) is 79.9 cm³/mol. The van der Waals surface area contributed by atoms with Gasteiger partial charge >= 0.3 is 16.3 Å². The first-order valence-electron chi connectivity index (χ1n) is 7.40. The van der Waals surface area contributed by atoms with E-state index in [0.717, 1.165) is 10.7 Å². The summed E-state index contributed by atoms with van der Waals surface area (Å²) in [6, 6.07) is 0. The molecule has 6 nitrogen and oxygen atoms in total. The summed E-state index contributed by atoms with van der Waals surface area (Å²) in [5, 5.41) is 0. The number of rotatable bonds is 6. The van der Waals surface area contributed by atoms with Crippen LogP contribution in [-0.2, 0) is 24.0 Å². The number of nitrogens with zero attached hydrogens (tertiary/aromatic N) is 1. The topological polar surface area (TPSA) is 72.9 Å². The van der Waals surface area contributed by atoms with Crippen LogP contribution in [0.15, 0.2) is 0 Å². The lowest BCUT2D eigenvalue weighted by Crippen LogP contribution is -2.35. The van der Waals surface area contributed by atoms with Crippen LogP contribution < -0.4 is 0 Å².